The van der Waals surface area contributed by atoms with Crippen molar-refractivity contribution in [1.29, 1.82) is 0 Å². The lowest BCUT2D eigenvalue weighted by atomic mass is 10.1. The number of carbonyl (C=O) groups is 2. The summed E-state index contributed by atoms with van der Waals surface area (Å²) in [4.78, 5) is 25.1. The average molecular weight is 352 g/mol. The Morgan fingerprint density at radius 2 is 1.62 bits per heavy atom. The zero-order valence-corrected chi connectivity index (χ0v) is 12.2. The van der Waals surface area contributed by atoms with Gasteiger partial charge in [0.2, 0.25) is 0 Å². The third-order valence-electron chi connectivity index (χ3n) is 3.32. The SMILES string of the molecule is O=C1C(=O)N(Cc2c(F)cccc2F)c2c(Br)cccc21. The molecule has 0 aromatic heterocycles. The summed E-state index contributed by atoms with van der Waals surface area (Å²) in [6, 6.07) is 8.27. The van der Waals surface area contributed by atoms with E-state index < -0.39 is 23.3 Å². The van der Waals surface area contributed by atoms with E-state index in [1.54, 1.807) is 12.1 Å². The lowest BCUT2D eigenvalue weighted by Gasteiger charge is -2.18. The van der Waals surface area contributed by atoms with Crippen LogP contribution in [-0.2, 0) is 11.3 Å². The Morgan fingerprint density at radius 1 is 1.00 bits per heavy atom. The number of benzene rings is 2. The molecule has 2 aromatic rings. The molecule has 0 aliphatic carbocycles. The number of anilines is 1. The van der Waals surface area contributed by atoms with E-state index in [0.717, 1.165) is 17.0 Å². The number of Topliss-reactive ketones (excluding diaryl/α,β-unsaturated/α-hetero) is 1. The molecule has 0 fully saturated rings. The number of ketones is 1. The van der Waals surface area contributed by atoms with Crippen LogP contribution in [0.1, 0.15) is 15.9 Å². The summed E-state index contributed by atoms with van der Waals surface area (Å²) >= 11 is 3.26. The van der Waals surface area contributed by atoms with Crippen molar-refractivity contribution in [3.8, 4) is 0 Å². The smallest absolute Gasteiger partial charge is 0.299 e. The van der Waals surface area contributed by atoms with Gasteiger partial charge < -0.3 is 0 Å². The summed E-state index contributed by atoms with van der Waals surface area (Å²) < 4.78 is 28.0. The van der Waals surface area contributed by atoms with E-state index in [4.69, 9.17) is 0 Å². The highest BCUT2D eigenvalue weighted by atomic mass is 79.9. The normalized spacial score (nSPS) is 13.8. The van der Waals surface area contributed by atoms with E-state index in [1.165, 1.54) is 12.1 Å². The Bertz CT molecular complexity index is 756. The first kappa shape index (κ1) is 13.9. The number of para-hydroxylation sites is 1. The van der Waals surface area contributed by atoms with Crippen molar-refractivity contribution in [2.24, 2.45) is 0 Å². The number of hydrogen-bond acceptors (Lipinski definition) is 2. The highest BCUT2D eigenvalue weighted by Gasteiger charge is 2.37. The fourth-order valence-corrected chi connectivity index (χ4v) is 2.88. The first-order valence-corrected chi connectivity index (χ1v) is 6.87. The molecule has 0 radical (unpaired) electrons. The molecule has 0 spiro atoms. The highest BCUT2D eigenvalue weighted by Crippen LogP contribution is 2.37. The molecule has 0 atom stereocenters. The van der Waals surface area contributed by atoms with Crippen LogP contribution in [0, 0.1) is 11.6 Å². The fourth-order valence-electron chi connectivity index (χ4n) is 2.30. The van der Waals surface area contributed by atoms with Gasteiger partial charge in [0, 0.05) is 10.0 Å². The number of rotatable bonds is 2. The van der Waals surface area contributed by atoms with Crippen LogP contribution < -0.4 is 4.90 Å². The number of fused-ring (bicyclic) bond motifs is 1. The summed E-state index contributed by atoms with van der Waals surface area (Å²) in [6.45, 7) is -0.335. The molecule has 0 unspecified atom stereocenters. The Morgan fingerprint density at radius 3 is 2.29 bits per heavy atom. The Hall–Kier alpha value is -2.08. The van der Waals surface area contributed by atoms with Gasteiger partial charge in [0.25, 0.3) is 11.7 Å². The van der Waals surface area contributed by atoms with Crippen LogP contribution in [0.5, 0.6) is 0 Å². The predicted molar refractivity (Wildman–Crippen MR) is 76.0 cm³/mol. The van der Waals surface area contributed by atoms with Crippen molar-refractivity contribution in [1.82, 2.24) is 0 Å². The first-order chi connectivity index (χ1) is 10.0. The largest absolute Gasteiger partial charge is 0.299 e. The minimum atomic E-state index is -0.792. The average Bonchev–Trinajstić information content (AvgIpc) is 2.69. The van der Waals surface area contributed by atoms with E-state index >= 15 is 0 Å². The molecule has 1 aliphatic heterocycles. The van der Waals surface area contributed by atoms with Crippen LogP contribution >= 0.6 is 15.9 Å². The van der Waals surface area contributed by atoms with Crippen LogP contribution in [0.3, 0.4) is 0 Å². The lowest BCUT2D eigenvalue weighted by Crippen LogP contribution is -2.30. The third kappa shape index (κ3) is 2.15. The molecule has 1 aliphatic rings. The zero-order valence-electron chi connectivity index (χ0n) is 10.6. The number of hydrogen-bond donors (Lipinski definition) is 0. The number of carbonyl (C=O) groups excluding carboxylic acids is 2. The van der Waals surface area contributed by atoms with Gasteiger partial charge in [0.15, 0.2) is 0 Å². The van der Waals surface area contributed by atoms with Crippen molar-refractivity contribution < 1.29 is 18.4 Å². The molecule has 106 valence electrons. The number of amides is 1. The van der Waals surface area contributed by atoms with E-state index in [-0.39, 0.29) is 17.7 Å². The van der Waals surface area contributed by atoms with Gasteiger partial charge in [-0.2, -0.15) is 0 Å². The van der Waals surface area contributed by atoms with Crippen molar-refractivity contribution >= 4 is 33.3 Å². The van der Waals surface area contributed by atoms with E-state index in [1.807, 2.05) is 0 Å². The van der Waals surface area contributed by atoms with Gasteiger partial charge in [0.1, 0.15) is 11.6 Å². The van der Waals surface area contributed by atoms with Crippen LogP contribution in [-0.4, -0.2) is 11.7 Å². The van der Waals surface area contributed by atoms with Crippen LogP contribution in [0.2, 0.25) is 0 Å². The second-order valence-corrected chi connectivity index (χ2v) is 5.41. The van der Waals surface area contributed by atoms with Crippen molar-refractivity contribution in [3.63, 3.8) is 0 Å². The van der Waals surface area contributed by atoms with E-state index in [9.17, 15) is 18.4 Å². The summed E-state index contributed by atoms with van der Waals surface area (Å²) in [7, 11) is 0. The molecule has 1 amide bonds. The summed E-state index contributed by atoms with van der Waals surface area (Å²) in [5.74, 6) is -2.98. The van der Waals surface area contributed by atoms with Gasteiger partial charge in [-0.3, -0.25) is 14.5 Å². The van der Waals surface area contributed by atoms with Crippen LogP contribution in [0.4, 0.5) is 14.5 Å². The molecule has 0 saturated carbocycles. The molecular formula is C15H8BrF2NO2. The van der Waals surface area contributed by atoms with Crippen molar-refractivity contribution in [3.05, 3.63) is 63.6 Å². The van der Waals surface area contributed by atoms with E-state index in [0.29, 0.717) is 10.2 Å². The second-order valence-electron chi connectivity index (χ2n) is 4.56. The maximum atomic E-state index is 13.7. The first-order valence-electron chi connectivity index (χ1n) is 6.08. The molecule has 2 aromatic carbocycles. The Kier molecular flexibility index (Phi) is 3.33. The molecular weight excluding hydrogens is 344 g/mol. The number of halogens is 3. The molecule has 1 heterocycles. The van der Waals surface area contributed by atoms with Crippen molar-refractivity contribution in [2.45, 2.75) is 6.54 Å². The van der Waals surface area contributed by atoms with Crippen LogP contribution in [0.25, 0.3) is 0 Å². The second kappa shape index (κ2) is 5.04. The maximum Gasteiger partial charge on any atom is 0.299 e. The predicted octanol–water partition coefficient (Wildman–Crippen LogP) is 3.46. The minimum Gasteiger partial charge on any atom is -0.299 e. The summed E-state index contributed by atoms with van der Waals surface area (Å²) in [5, 5.41) is 0. The highest BCUT2D eigenvalue weighted by molar-refractivity contribution is 9.10. The molecule has 0 saturated heterocycles. The maximum absolute atomic E-state index is 13.7. The molecule has 0 bridgehead atoms. The van der Waals surface area contributed by atoms with Crippen LogP contribution in [0.15, 0.2) is 40.9 Å². The van der Waals surface area contributed by atoms with Gasteiger partial charge >= 0.3 is 0 Å². The molecule has 0 N–H and O–H groups in total. The topological polar surface area (TPSA) is 37.4 Å². The molecule has 21 heavy (non-hydrogen) atoms. The van der Waals surface area contributed by atoms with Gasteiger partial charge in [-0.25, -0.2) is 8.78 Å². The molecule has 3 rings (SSSR count). The van der Waals surface area contributed by atoms with Gasteiger partial charge in [-0.1, -0.05) is 12.1 Å². The lowest BCUT2D eigenvalue weighted by molar-refractivity contribution is -0.114. The summed E-state index contributed by atoms with van der Waals surface area (Å²) in [5.41, 5.74) is 0.323. The minimum absolute atomic E-state index is 0.228. The Balaban J connectivity index is 2.09. The van der Waals surface area contributed by atoms with E-state index in [2.05, 4.69) is 15.9 Å². The van der Waals surface area contributed by atoms with Gasteiger partial charge in [-0.05, 0) is 40.2 Å². The quantitative estimate of drug-likeness (QED) is 0.777. The third-order valence-corrected chi connectivity index (χ3v) is 3.96. The Labute approximate surface area is 127 Å². The van der Waals surface area contributed by atoms with Crippen molar-refractivity contribution in [2.75, 3.05) is 4.90 Å². The zero-order chi connectivity index (χ0) is 15.1. The molecule has 3 nitrogen and oxygen atoms in total. The van der Waals surface area contributed by atoms with Gasteiger partial charge in [0.05, 0.1) is 17.8 Å². The summed E-state index contributed by atoms with van der Waals surface area (Å²) in [6.07, 6.45) is 0. The molecule has 6 heteroatoms. The van der Waals surface area contributed by atoms with Gasteiger partial charge in [-0.15, -0.1) is 0 Å². The monoisotopic (exact) mass is 351 g/mol. The number of nitrogens with zero attached hydrogens (tertiary/aromatic N) is 1. The fraction of sp³-hybridized carbons (Fsp3) is 0.0667. The standard InChI is InChI=1S/C15H8BrF2NO2/c16-10-4-1-3-8-13(10)19(15(21)14(8)20)7-9-11(17)5-2-6-12(9)18/h1-6H,7H2.